The van der Waals surface area contributed by atoms with Gasteiger partial charge in [0.25, 0.3) is 5.56 Å². The highest BCUT2D eigenvalue weighted by Gasteiger charge is 2.09. The zero-order valence-electron chi connectivity index (χ0n) is 15.4. The van der Waals surface area contributed by atoms with Crippen LogP contribution in [0, 0.1) is 0 Å². The maximum Gasteiger partial charge on any atom is 0.251 e. The summed E-state index contributed by atoms with van der Waals surface area (Å²) in [6.45, 7) is 5.99. The van der Waals surface area contributed by atoms with E-state index in [1.165, 1.54) is 16.2 Å². The lowest BCUT2D eigenvalue weighted by atomic mass is 10.1. The summed E-state index contributed by atoms with van der Waals surface area (Å²) in [5, 5.41) is 2.94. The molecule has 0 aliphatic heterocycles. The SMILES string of the molecule is CC(C)Oc1ccc(CC[C@H](C)NC(=O)Cn2cc(Br)ccc2=O)cc1. The number of rotatable bonds is 8. The van der Waals surface area contributed by atoms with Gasteiger partial charge in [0.1, 0.15) is 12.3 Å². The average Bonchev–Trinajstić information content (AvgIpc) is 2.57. The van der Waals surface area contributed by atoms with Crippen molar-refractivity contribution in [2.24, 2.45) is 0 Å². The molecule has 1 atom stereocenters. The van der Waals surface area contributed by atoms with Crippen molar-refractivity contribution in [1.29, 1.82) is 0 Å². The molecule has 0 aliphatic rings. The van der Waals surface area contributed by atoms with Crippen molar-refractivity contribution in [2.45, 2.75) is 52.3 Å². The molecule has 0 aliphatic carbocycles. The standard InChI is InChI=1S/C20H25BrN2O3/c1-14(2)26-18-9-6-16(7-10-18)5-4-15(3)22-19(24)13-23-12-17(21)8-11-20(23)25/h6-12,14-15H,4-5,13H2,1-3H3,(H,22,24)/t15-/m0/s1. The molecular formula is C20H25BrN2O3. The lowest BCUT2D eigenvalue weighted by molar-refractivity contribution is -0.122. The van der Waals surface area contributed by atoms with E-state index in [2.05, 4.69) is 21.2 Å². The van der Waals surface area contributed by atoms with Crippen LogP contribution in [0.3, 0.4) is 0 Å². The lowest BCUT2D eigenvalue weighted by Gasteiger charge is -2.15. The van der Waals surface area contributed by atoms with Gasteiger partial charge in [-0.2, -0.15) is 0 Å². The maximum absolute atomic E-state index is 12.1. The Hall–Kier alpha value is -2.08. The van der Waals surface area contributed by atoms with Crippen LogP contribution in [0.4, 0.5) is 0 Å². The van der Waals surface area contributed by atoms with E-state index in [0.717, 1.165) is 23.1 Å². The number of pyridine rings is 1. The van der Waals surface area contributed by atoms with Gasteiger partial charge in [0.2, 0.25) is 5.91 Å². The quantitative estimate of drug-likeness (QED) is 0.710. The molecule has 0 radical (unpaired) electrons. The van der Waals surface area contributed by atoms with Crippen molar-refractivity contribution >= 4 is 21.8 Å². The molecule has 140 valence electrons. The number of carbonyl (C=O) groups is 1. The monoisotopic (exact) mass is 420 g/mol. The number of aromatic nitrogens is 1. The molecule has 2 aromatic rings. The molecule has 1 heterocycles. The minimum Gasteiger partial charge on any atom is -0.491 e. The van der Waals surface area contributed by atoms with Gasteiger partial charge in [0, 0.05) is 22.8 Å². The summed E-state index contributed by atoms with van der Waals surface area (Å²) in [4.78, 5) is 23.9. The van der Waals surface area contributed by atoms with Crippen LogP contribution in [-0.2, 0) is 17.8 Å². The van der Waals surface area contributed by atoms with Gasteiger partial charge in [-0.25, -0.2) is 0 Å². The van der Waals surface area contributed by atoms with Crippen LogP contribution in [0.15, 0.2) is 51.9 Å². The van der Waals surface area contributed by atoms with Crippen LogP contribution < -0.4 is 15.6 Å². The summed E-state index contributed by atoms with van der Waals surface area (Å²) in [6.07, 6.45) is 3.46. The Kier molecular flexibility index (Phi) is 7.45. The van der Waals surface area contributed by atoms with E-state index in [9.17, 15) is 9.59 Å². The summed E-state index contributed by atoms with van der Waals surface area (Å²) >= 11 is 3.31. The highest BCUT2D eigenvalue weighted by atomic mass is 79.9. The lowest BCUT2D eigenvalue weighted by Crippen LogP contribution is -2.37. The second-order valence-corrected chi connectivity index (χ2v) is 7.55. The van der Waals surface area contributed by atoms with Crippen LogP contribution in [0.5, 0.6) is 5.75 Å². The molecule has 0 spiro atoms. The maximum atomic E-state index is 12.1. The average molecular weight is 421 g/mol. The Morgan fingerprint density at radius 3 is 2.50 bits per heavy atom. The Morgan fingerprint density at radius 2 is 1.85 bits per heavy atom. The highest BCUT2D eigenvalue weighted by Crippen LogP contribution is 2.15. The van der Waals surface area contributed by atoms with E-state index in [1.807, 2.05) is 45.0 Å². The van der Waals surface area contributed by atoms with Gasteiger partial charge >= 0.3 is 0 Å². The number of ether oxygens (including phenoxy) is 1. The second kappa shape index (κ2) is 9.57. The van der Waals surface area contributed by atoms with Crippen molar-refractivity contribution in [1.82, 2.24) is 9.88 Å². The van der Waals surface area contributed by atoms with Gasteiger partial charge in [0.15, 0.2) is 0 Å². The van der Waals surface area contributed by atoms with Crippen molar-refractivity contribution in [2.75, 3.05) is 0 Å². The number of carbonyl (C=O) groups excluding carboxylic acids is 1. The summed E-state index contributed by atoms with van der Waals surface area (Å²) in [5.41, 5.74) is 1.00. The van der Waals surface area contributed by atoms with Gasteiger partial charge in [-0.3, -0.25) is 9.59 Å². The largest absolute Gasteiger partial charge is 0.491 e. The molecular weight excluding hydrogens is 396 g/mol. The fraction of sp³-hybridized carbons (Fsp3) is 0.400. The summed E-state index contributed by atoms with van der Waals surface area (Å²) in [7, 11) is 0. The zero-order chi connectivity index (χ0) is 19.1. The molecule has 6 heteroatoms. The molecule has 1 N–H and O–H groups in total. The zero-order valence-corrected chi connectivity index (χ0v) is 17.0. The van der Waals surface area contributed by atoms with Gasteiger partial charge in [-0.05, 0) is 73.3 Å². The number of hydrogen-bond donors (Lipinski definition) is 1. The smallest absolute Gasteiger partial charge is 0.251 e. The first kappa shape index (κ1) is 20.2. The predicted octanol–water partition coefficient (Wildman–Crippen LogP) is 3.54. The highest BCUT2D eigenvalue weighted by molar-refractivity contribution is 9.10. The predicted molar refractivity (Wildman–Crippen MR) is 107 cm³/mol. The summed E-state index contributed by atoms with van der Waals surface area (Å²) < 4.78 is 7.79. The molecule has 0 saturated carbocycles. The molecule has 5 nitrogen and oxygen atoms in total. The Balaban J connectivity index is 1.80. The number of halogens is 1. The van der Waals surface area contributed by atoms with E-state index in [-0.39, 0.29) is 30.2 Å². The molecule has 26 heavy (non-hydrogen) atoms. The first-order valence-electron chi connectivity index (χ1n) is 8.74. The molecule has 1 aromatic heterocycles. The normalized spacial score (nSPS) is 12.0. The Bertz CT molecular complexity index is 784. The molecule has 1 aromatic carbocycles. The fourth-order valence-corrected chi connectivity index (χ4v) is 2.94. The molecule has 0 saturated heterocycles. The Morgan fingerprint density at radius 1 is 1.15 bits per heavy atom. The van der Waals surface area contributed by atoms with E-state index in [1.54, 1.807) is 12.3 Å². The molecule has 0 unspecified atom stereocenters. The molecule has 2 rings (SSSR count). The van der Waals surface area contributed by atoms with Crippen LogP contribution in [-0.4, -0.2) is 22.6 Å². The molecule has 1 amide bonds. The summed E-state index contributed by atoms with van der Waals surface area (Å²) in [5.74, 6) is 0.697. The molecule has 0 fully saturated rings. The van der Waals surface area contributed by atoms with Crippen molar-refractivity contribution in [3.05, 3.63) is 63.0 Å². The third kappa shape index (κ3) is 6.67. The first-order chi connectivity index (χ1) is 12.3. The fourth-order valence-electron chi connectivity index (χ4n) is 2.56. The number of benzene rings is 1. The van der Waals surface area contributed by atoms with E-state index < -0.39 is 0 Å². The minimum atomic E-state index is -0.195. The van der Waals surface area contributed by atoms with Crippen molar-refractivity contribution < 1.29 is 9.53 Å². The summed E-state index contributed by atoms with van der Waals surface area (Å²) in [6, 6.07) is 11.2. The van der Waals surface area contributed by atoms with Gasteiger partial charge < -0.3 is 14.6 Å². The van der Waals surface area contributed by atoms with Crippen LogP contribution in [0.1, 0.15) is 32.8 Å². The van der Waals surface area contributed by atoms with Crippen LogP contribution >= 0.6 is 15.9 Å². The number of amides is 1. The van der Waals surface area contributed by atoms with E-state index in [0.29, 0.717) is 0 Å². The first-order valence-corrected chi connectivity index (χ1v) is 9.53. The van der Waals surface area contributed by atoms with Crippen molar-refractivity contribution in [3.63, 3.8) is 0 Å². The number of aryl methyl sites for hydroxylation is 1. The number of nitrogens with zero attached hydrogens (tertiary/aromatic N) is 1. The number of hydrogen-bond acceptors (Lipinski definition) is 3. The molecule has 0 bridgehead atoms. The topological polar surface area (TPSA) is 60.3 Å². The van der Waals surface area contributed by atoms with Crippen molar-refractivity contribution in [3.8, 4) is 5.75 Å². The van der Waals surface area contributed by atoms with Gasteiger partial charge in [-0.1, -0.05) is 12.1 Å². The second-order valence-electron chi connectivity index (χ2n) is 6.63. The van der Waals surface area contributed by atoms with Crippen LogP contribution in [0.2, 0.25) is 0 Å². The van der Waals surface area contributed by atoms with E-state index in [4.69, 9.17) is 4.74 Å². The van der Waals surface area contributed by atoms with Crippen LogP contribution in [0.25, 0.3) is 0 Å². The third-order valence-electron chi connectivity index (χ3n) is 3.83. The third-order valence-corrected chi connectivity index (χ3v) is 4.30. The van der Waals surface area contributed by atoms with E-state index >= 15 is 0 Å². The minimum absolute atomic E-state index is 0.0177. The van der Waals surface area contributed by atoms with Gasteiger partial charge in [0.05, 0.1) is 6.10 Å². The van der Waals surface area contributed by atoms with Gasteiger partial charge in [-0.15, -0.1) is 0 Å². The number of nitrogens with one attached hydrogen (secondary N) is 1. The Labute approximate surface area is 162 Å².